The Morgan fingerprint density at radius 1 is 0.970 bits per heavy atom. The third-order valence-corrected chi connectivity index (χ3v) is 5.27. The average Bonchev–Trinajstić information content (AvgIpc) is 2.80. The molecular weight excluding hydrogens is 438 g/mol. The Hall–Kier alpha value is -3.64. The van der Waals surface area contributed by atoms with Crippen LogP contribution in [0.3, 0.4) is 0 Å². The number of benzene rings is 3. The van der Waals surface area contributed by atoms with Gasteiger partial charge in [-0.15, -0.1) is 0 Å². The van der Waals surface area contributed by atoms with Crippen LogP contribution in [-0.4, -0.2) is 18.0 Å². The average molecular weight is 464 g/mol. The maximum Gasteiger partial charge on any atom is 0.240 e. The molecule has 3 aromatic rings. The summed E-state index contributed by atoms with van der Waals surface area (Å²) in [7, 11) is 0. The topological polar surface area (TPSA) is 79.8 Å². The molecule has 0 aliphatic heterocycles. The summed E-state index contributed by atoms with van der Waals surface area (Å²) < 4.78 is 5.87. The first kappa shape index (κ1) is 24.0. The van der Waals surface area contributed by atoms with Gasteiger partial charge in [0.15, 0.2) is 0 Å². The summed E-state index contributed by atoms with van der Waals surface area (Å²) in [5.74, 6) is 0.0429. The van der Waals surface area contributed by atoms with Gasteiger partial charge in [0.1, 0.15) is 12.4 Å². The van der Waals surface area contributed by atoms with Crippen molar-refractivity contribution in [2.24, 2.45) is 5.10 Å². The zero-order valence-corrected chi connectivity index (χ0v) is 19.4. The van der Waals surface area contributed by atoms with Crippen LogP contribution in [0.25, 0.3) is 0 Å². The van der Waals surface area contributed by atoms with Gasteiger partial charge in [-0.2, -0.15) is 5.10 Å². The Balaban J connectivity index is 1.48. The Labute approximate surface area is 198 Å². The van der Waals surface area contributed by atoms with Crippen molar-refractivity contribution in [2.75, 3.05) is 5.32 Å². The van der Waals surface area contributed by atoms with Crippen LogP contribution in [0.4, 0.5) is 5.69 Å². The van der Waals surface area contributed by atoms with Crippen molar-refractivity contribution in [3.8, 4) is 5.75 Å². The molecule has 6 nitrogen and oxygen atoms in total. The molecule has 0 saturated carbocycles. The highest BCUT2D eigenvalue weighted by molar-refractivity contribution is 6.31. The van der Waals surface area contributed by atoms with Crippen molar-refractivity contribution >= 4 is 35.3 Å². The normalized spacial score (nSPS) is 10.8. The van der Waals surface area contributed by atoms with Crippen molar-refractivity contribution in [2.45, 2.75) is 33.3 Å². The highest BCUT2D eigenvalue weighted by Crippen LogP contribution is 2.21. The molecule has 0 saturated heterocycles. The number of para-hydroxylation sites is 1. The number of hydrogen-bond acceptors (Lipinski definition) is 4. The number of hydrogen-bond donors (Lipinski definition) is 2. The number of carbonyl (C=O) groups excluding carboxylic acids is 2. The Morgan fingerprint density at radius 2 is 1.70 bits per heavy atom. The molecule has 0 radical (unpaired) electrons. The molecule has 0 atom stereocenters. The first-order valence-corrected chi connectivity index (χ1v) is 10.9. The number of amides is 2. The number of hydrazone groups is 1. The SMILES string of the molecule is Cc1ccc(C)c(NC(=O)CCC(=O)NN=Cc2ccccc2OCc2ccccc2Cl)c1. The van der Waals surface area contributed by atoms with E-state index in [0.717, 1.165) is 22.4 Å². The van der Waals surface area contributed by atoms with Gasteiger partial charge < -0.3 is 10.1 Å². The van der Waals surface area contributed by atoms with Crippen LogP contribution in [-0.2, 0) is 16.2 Å². The third-order valence-electron chi connectivity index (χ3n) is 4.90. The number of halogens is 1. The van der Waals surface area contributed by atoms with Crippen molar-refractivity contribution in [3.05, 3.63) is 94.0 Å². The van der Waals surface area contributed by atoms with Gasteiger partial charge in [-0.1, -0.05) is 54.1 Å². The molecule has 0 aliphatic carbocycles. The highest BCUT2D eigenvalue weighted by Gasteiger charge is 2.09. The number of aryl methyl sites for hydroxylation is 2. The monoisotopic (exact) mass is 463 g/mol. The van der Waals surface area contributed by atoms with E-state index in [-0.39, 0.29) is 24.7 Å². The minimum atomic E-state index is -0.350. The fourth-order valence-corrected chi connectivity index (χ4v) is 3.22. The number of nitrogens with one attached hydrogen (secondary N) is 2. The van der Waals surface area contributed by atoms with Gasteiger partial charge in [-0.3, -0.25) is 9.59 Å². The molecule has 2 N–H and O–H groups in total. The van der Waals surface area contributed by atoms with E-state index in [4.69, 9.17) is 16.3 Å². The van der Waals surface area contributed by atoms with Crippen molar-refractivity contribution in [1.82, 2.24) is 5.43 Å². The van der Waals surface area contributed by atoms with Crippen molar-refractivity contribution < 1.29 is 14.3 Å². The van der Waals surface area contributed by atoms with Crippen molar-refractivity contribution in [3.63, 3.8) is 0 Å². The molecule has 170 valence electrons. The number of anilines is 1. The van der Waals surface area contributed by atoms with E-state index >= 15 is 0 Å². The first-order chi connectivity index (χ1) is 15.9. The molecular formula is C26H26ClN3O3. The van der Waals surface area contributed by atoms with Crippen LogP contribution in [0.2, 0.25) is 5.02 Å². The fraction of sp³-hybridized carbons (Fsp3) is 0.192. The molecule has 0 spiro atoms. The van der Waals surface area contributed by atoms with Crippen LogP contribution in [0, 0.1) is 13.8 Å². The molecule has 2 amide bonds. The van der Waals surface area contributed by atoms with Gasteiger partial charge in [0.05, 0.1) is 6.21 Å². The molecule has 33 heavy (non-hydrogen) atoms. The molecule has 0 aromatic heterocycles. The summed E-state index contributed by atoms with van der Waals surface area (Å²) in [5.41, 5.74) is 6.82. The maximum atomic E-state index is 12.2. The van der Waals surface area contributed by atoms with E-state index in [0.29, 0.717) is 22.9 Å². The minimum Gasteiger partial charge on any atom is -0.488 e. The minimum absolute atomic E-state index is 0.0265. The van der Waals surface area contributed by atoms with E-state index in [1.807, 2.05) is 80.6 Å². The lowest BCUT2D eigenvalue weighted by molar-refractivity contribution is -0.124. The van der Waals surface area contributed by atoms with Gasteiger partial charge in [0.2, 0.25) is 11.8 Å². The second kappa shape index (κ2) is 11.8. The summed E-state index contributed by atoms with van der Waals surface area (Å²) >= 11 is 6.18. The van der Waals surface area contributed by atoms with E-state index < -0.39 is 0 Å². The van der Waals surface area contributed by atoms with Crippen LogP contribution < -0.4 is 15.5 Å². The Kier molecular flexibility index (Phi) is 8.61. The second-order valence-corrected chi connectivity index (χ2v) is 7.98. The lowest BCUT2D eigenvalue weighted by atomic mass is 10.1. The molecule has 0 fully saturated rings. The van der Waals surface area contributed by atoms with Gasteiger partial charge in [0.25, 0.3) is 0 Å². The molecule has 7 heteroatoms. The standard InChI is InChI=1S/C26H26ClN3O3/c1-18-11-12-19(2)23(15-18)29-25(31)13-14-26(32)30-28-16-20-7-4-6-10-24(20)33-17-21-8-3-5-9-22(21)27/h3-12,15-16H,13-14,17H2,1-2H3,(H,29,31)(H,30,32). The Bertz CT molecular complexity index is 1160. The summed E-state index contributed by atoms with van der Waals surface area (Å²) in [6.45, 7) is 4.19. The molecule has 0 bridgehead atoms. The lowest BCUT2D eigenvalue weighted by Crippen LogP contribution is -2.21. The van der Waals surface area contributed by atoms with Crippen molar-refractivity contribution in [1.29, 1.82) is 0 Å². The van der Waals surface area contributed by atoms with E-state index in [1.54, 1.807) is 0 Å². The smallest absolute Gasteiger partial charge is 0.240 e. The predicted octanol–water partition coefficient (Wildman–Crippen LogP) is 5.40. The fourth-order valence-electron chi connectivity index (χ4n) is 3.03. The quantitative estimate of drug-likeness (QED) is 0.329. The lowest BCUT2D eigenvalue weighted by Gasteiger charge is -2.10. The molecule has 0 unspecified atom stereocenters. The number of ether oxygens (including phenoxy) is 1. The largest absolute Gasteiger partial charge is 0.488 e. The summed E-state index contributed by atoms with van der Waals surface area (Å²) in [6.07, 6.45) is 1.60. The summed E-state index contributed by atoms with van der Waals surface area (Å²) in [4.78, 5) is 24.3. The molecule has 0 heterocycles. The van der Waals surface area contributed by atoms with Crippen LogP contribution in [0.15, 0.2) is 71.8 Å². The second-order valence-electron chi connectivity index (χ2n) is 7.58. The summed E-state index contributed by atoms with van der Waals surface area (Å²) in [5, 5.41) is 7.48. The zero-order chi connectivity index (χ0) is 23.6. The third kappa shape index (κ3) is 7.47. The molecule has 0 aliphatic rings. The molecule has 3 aromatic carbocycles. The zero-order valence-electron chi connectivity index (χ0n) is 18.6. The maximum absolute atomic E-state index is 12.2. The van der Waals surface area contributed by atoms with Crippen LogP contribution in [0.1, 0.15) is 35.1 Å². The van der Waals surface area contributed by atoms with Gasteiger partial charge in [0, 0.05) is 34.7 Å². The van der Waals surface area contributed by atoms with Gasteiger partial charge >= 0.3 is 0 Å². The van der Waals surface area contributed by atoms with Crippen LogP contribution in [0.5, 0.6) is 5.75 Å². The number of rotatable bonds is 9. The van der Waals surface area contributed by atoms with E-state index in [2.05, 4.69) is 15.8 Å². The predicted molar refractivity (Wildman–Crippen MR) is 132 cm³/mol. The highest BCUT2D eigenvalue weighted by atomic mass is 35.5. The van der Waals surface area contributed by atoms with Crippen LogP contribution >= 0.6 is 11.6 Å². The van der Waals surface area contributed by atoms with E-state index in [1.165, 1.54) is 6.21 Å². The number of nitrogens with zero attached hydrogens (tertiary/aromatic N) is 1. The summed E-state index contributed by atoms with van der Waals surface area (Å²) in [6, 6.07) is 20.7. The Morgan fingerprint density at radius 3 is 2.52 bits per heavy atom. The first-order valence-electron chi connectivity index (χ1n) is 10.6. The molecule has 3 rings (SSSR count). The van der Waals surface area contributed by atoms with E-state index in [9.17, 15) is 9.59 Å². The van der Waals surface area contributed by atoms with Gasteiger partial charge in [-0.25, -0.2) is 5.43 Å². The number of carbonyl (C=O) groups is 2. The van der Waals surface area contributed by atoms with Gasteiger partial charge in [-0.05, 0) is 49.2 Å².